The Morgan fingerprint density at radius 1 is 1.16 bits per heavy atom. The van der Waals surface area contributed by atoms with Crippen LogP contribution in [0, 0.1) is 5.41 Å². The van der Waals surface area contributed by atoms with Gasteiger partial charge in [-0.15, -0.1) is 0 Å². The van der Waals surface area contributed by atoms with Gasteiger partial charge in [-0.05, 0) is 66.8 Å². The number of aromatic amines is 1. The van der Waals surface area contributed by atoms with E-state index in [1.54, 1.807) is 6.20 Å². The molecule has 2 spiro atoms. The zero-order valence-corrected chi connectivity index (χ0v) is 18.2. The standard InChI is InChI=1S/C25H30BN3O2/c1-2-3-18-4-6-19(7-5-18)9-12-29-13-10-24(17-29)15-25(16-24)22-20-8-11-27-23(20)28-14-21(22)26(30)31-25/h4-8,11,14,30H,2-3,9-10,12-13,15-17H2,1H3,(H,27,28). The number of aryl methyl sites for hydroxylation is 1. The largest absolute Gasteiger partial charge is 0.493 e. The third kappa shape index (κ3) is 3.15. The smallest absolute Gasteiger partial charge is 0.423 e. The monoisotopic (exact) mass is 415 g/mol. The summed E-state index contributed by atoms with van der Waals surface area (Å²) in [4.78, 5) is 10.3. The van der Waals surface area contributed by atoms with Crippen LogP contribution in [0.3, 0.4) is 0 Å². The van der Waals surface area contributed by atoms with Crippen molar-refractivity contribution < 1.29 is 9.68 Å². The van der Waals surface area contributed by atoms with Crippen molar-refractivity contribution in [1.82, 2.24) is 14.9 Å². The van der Waals surface area contributed by atoms with E-state index in [1.165, 1.54) is 36.0 Å². The maximum Gasteiger partial charge on any atom is 0.493 e. The lowest BCUT2D eigenvalue weighted by Crippen LogP contribution is -2.52. The van der Waals surface area contributed by atoms with Crippen LogP contribution < -0.4 is 5.46 Å². The molecule has 2 N–H and O–H groups in total. The van der Waals surface area contributed by atoms with E-state index >= 15 is 0 Å². The number of fused-ring (bicyclic) bond motifs is 4. The van der Waals surface area contributed by atoms with Crippen LogP contribution in [0.2, 0.25) is 0 Å². The Hall–Kier alpha value is -2.15. The van der Waals surface area contributed by atoms with Gasteiger partial charge >= 0.3 is 7.12 Å². The van der Waals surface area contributed by atoms with Crippen molar-refractivity contribution in [2.75, 3.05) is 19.6 Å². The van der Waals surface area contributed by atoms with Crippen molar-refractivity contribution >= 4 is 23.6 Å². The van der Waals surface area contributed by atoms with Crippen molar-refractivity contribution in [3.05, 3.63) is 59.4 Å². The van der Waals surface area contributed by atoms with Gasteiger partial charge in [-0.3, -0.25) is 0 Å². The van der Waals surface area contributed by atoms with Crippen LogP contribution in [0.5, 0.6) is 0 Å². The number of aromatic nitrogens is 2. The van der Waals surface area contributed by atoms with Gasteiger partial charge in [-0.25, -0.2) is 4.98 Å². The van der Waals surface area contributed by atoms with Gasteiger partial charge in [0.25, 0.3) is 0 Å². The van der Waals surface area contributed by atoms with Gasteiger partial charge in [-0.2, -0.15) is 0 Å². The number of nitrogens with zero attached hydrogens (tertiary/aromatic N) is 2. The number of H-pyrrole nitrogens is 1. The second-order valence-corrected chi connectivity index (χ2v) is 9.99. The topological polar surface area (TPSA) is 61.4 Å². The molecule has 1 saturated carbocycles. The van der Waals surface area contributed by atoms with Crippen molar-refractivity contribution in [2.45, 2.75) is 51.0 Å². The third-order valence-electron chi connectivity index (χ3n) is 7.79. The average molecular weight is 415 g/mol. The Balaban J connectivity index is 1.13. The lowest BCUT2D eigenvalue weighted by atomic mass is 9.56. The second kappa shape index (κ2) is 7.19. The van der Waals surface area contributed by atoms with E-state index < -0.39 is 7.12 Å². The zero-order valence-electron chi connectivity index (χ0n) is 18.2. The van der Waals surface area contributed by atoms with Crippen LogP contribution in [0.15, 0.2) is 42.7 Å². The Morgan fingerprint density at radius 3 is 2.71 bits per heavy atom. The lowest BCUT2D eigenvalue weighted by molar-refractivity contribution is -0.110. The van der Waals surface area contributed by atoms with Crippen molar-refractivity contribution in [2.24, 2.45) is 5.41 Å². The summed E-state index contributed by atoms with van der Waals surface area (Å²) in [6.45, 7) is 5.65. The maximum absolute atomic E-state index is 10.5. The van der Waals surface area contributed by atoms with Gasteiger partial charge in [-0.1, -0.05) is 37.6 Å². The van der Waals surface area contributed by atoms with Gasteiger partial charge < -0.3 is 19.6 Å². The number of nitrogens with one attached hydrogen (secondary N) is 1. The summed E-state index contributed by atoms with van der Waals surface area (Å²) in [5.41, 5.74) is 5.75. The van der Waals surface area contributed by atoms with Crippen LogP contribution >= 0.6 is 0 Å². The Labute approximate surface area is 184 Å². The summed E-state index contributed by atoms with van der Waals surface area (Å²) < 4.78 is 6.20. The van der Waals surface area contributed by atoms with Gasteiger partial charge in [0.1, 0.15) is 5.65 Å². The summed E-state index contributed by atoms with van der Waals surface area (Å²) in [6.07, 6.45) is 10.4. The minimum absolute atomic E-state index is 0.318. The molecular weight excluding hydrogens is 385 g/mol. The molecule has 0 radical (unpaired) electrons. The highest BCUT2D eigenvalue weighted by Gasteiger charge is 2.63. The minimum atomic E-state index is -0.854. The number of benzene rings is 1. The predicted octanol–water partition coefficient (Wildman–Crippen LogP) is 3.16. The summed E-state index contributed by atoms with van der Waals surface area (Å²) in [7, 11) is -0.854. The SMILES string of the molecule is CCCc1ccc(CCN2CCC3(C2)CC2(C3)OB(O)c3cnc4[nH]ccc4c32)cc1. The molecule has 3 aromatic rings. The summed E-state index contributed by atoms with van der Waals surface area (Å²) in [5, 5.41) is 11.6. The van der Waals surface area contributed by atoms with E-state index in [4.69, 9.17) is 4.65 Å². The predicted molar refractivity (Wildman–Crippen MR) is 123 cm³/mol. The highest BCUT2D eigenvalue weighted by molar-refractivity contribution is 6.62. The highest BCUT2D eigenvalue weighted by Crippen LogP contribution is 2.62. The molecule has 1 aromatic carbocycles. The molecule has 0 amide bonds. The number of rotatable bonds is 5. The van der Waals surface area contributed by atoms with Crippen molar-refractivity contribution in [3.63, 3.8) is 0 Å². The third-order valence-corrected chi connectivity index (χ3v) is 7.79. The Bertz CT molecular complexity index is 1100. The molecule has 5 nitrogen and oxygen atoms in total. The van der Waals surface area contributed by atoms with Gasteiger partial charge in [0.15, 0.2) is 0 Å². The molecule has 2 aliphatic heterocycles. The zero-order chi connectivity index (χ0) is 21.1. The molecule has 4 heterocycles. The lowest BCUT2D eigenvalue weighted by Gasteiger charge is -2.53. The fourth-order valence-corrected chi connectivity index (χ4v) is 6.43. The first-order chi connectivity index (χ1) is 15.1. The fourth-order valence-electron chi connectivity index (χ4n) is 6.43. The molecule has 0 unspecified atom stereocenters. The molecular formula is C25H30BN3O2. The summed E-state index contributed by atoms with van der Waals surface area (Å²) >= 11 is 0. The molecule has 2 aromatic heterocycles. The first-order valence-corrected chi connectivity index (χ1v) is 11.7. The van der Waals surface area contributed by atoms with Crippen LogP contribution in [-0.2, 0) is 23.1 Å². The number of hydrogen-bond donors (Lipinski definition) is 2. The van der Waals surface area contributed by atoms with Crippen LogP contribution in [0.1, 0.15) is 49.3 Å². The molecule has 3 aliphatic rings. The number of likely N-dealkylation sites (tertiary alicyclic amines) is 1. The van der Waals surface area contributed by atoms with E-state index in [0.29, 0.717) is 5.41 Å². The van der Waals surface area contributed by atoms with Crippen LogP contribution in [-0.4, -0.2) is 46.6 Å². The first-order valence-electron chi connectivity index (χ1n) is 11.7. The van der Waals surface area contributed by atoms with Gasteiger partial charge in [0.2, 0.25) is 0 Å². The van der Waals surface area contributed by atoms with Gasteiger partial charge in [0, 0.05) is 36.3 Å². The second-order valence-electron chi connectivity index (χ2n) is 9.99. The molecule has 0 bridgehead atoms. The quantitative estimate of drug-likeness (QED) is 0.629. The highest BCUT2D eigenvalue weighted by atomic mass is 16.5. The molecule has 6 rings (SSSR count). The first kappa shape index (κ1) is 19.5. The van der Waals surface area contributed by atoms with Crippen LogP contribution in [0.4, 0.5) is 0 Å². The number of pyridine rings is 1. The maximum atomic E-state index is 10.5. The molecule has 2 fully saturated rings. The molecule has 0 atom stereocenters. The molecule has 1 saturated heterocycles. The normalized spacial score (nSPS) is 27.5. The van der Waals surface area contributed by atoms with E-state index in [2.05, 4.69) is 52.1 Å². The summed E-state index contributed by atoms with van der Waals surface area (Å²) in [6, 6.07) is 11.3. The minimum Gasteiger partial charge on any atom is -0.423 e. The fraction of sp³-hybridized carbons (Fsp3) is 0.480. The Kier molecular flexibility index (Phi) is 4.53. The Morgan fingerprint density at radius 2 is 1.94 bits per heavy atom. The van der Waals surface area contributed by atoms with E-state index in [-0.39, 0.29) is 5.60 Å². The molecule has 1 aliphatic carbocycles. The van der Waals surface area contributed by atoms with Crippen LogP contribution in [0.25, 0.3) is 11.0 Å². The average Bonchev–Trinajstić information content (AvgIpc) is 3.45. The van der Waals surface area contributed by atoms with E-state index in [0.717, 1.165) is 55.4 Å². The van der Waals surface area contributed by atoms with E-state index in [1.807, 2.05) is 6.20 Å². The number of hydrogen-bond acceptors (Lipinski definition) is 4. The van der Waals surface area contributed by atoms with E-state index in [9.17, 15) is 5.02 Å². The van der Waals surface area contributed by atoms with Crippen molar-refractivity contribution in [1.29, 1.82) is 0 Å². The molecule has 160 valence electrons. The van der Waals surface area contributed by atoms with Crippen molar-refractivity contribution in [3.8, 4) is 0 Å². The molecule has 31 heavy (non-hydrogen) atoms. The summed E-state index contributed by atoms with van der Waals surface area (Å²) in [5.74, 6) is 0. The molecule has 6 heteroatoms. The van der Waals surface area contributed by atoms with Gasteiger partial charge in [0.05, 0.1) is 5.60 Å².